The number of imidazole rings is 1. The van der Waals surface area contributed by atoms with Gasteiger partial charge in [-0.05, 0) is 6.54 Å². The predicted molar refractivity (Wildman–Crippen MR) is 70.1 cm³/mol. The first-order valence-electron chi connectivity index (χ1n) is 5.90. The largest absolute Gasteiger partial charge is 0.333 e. The molecular weight excluding hydrogens is 232 g/mol. The number of thiazole rings is 1. The van der Waals surface area contributed by atoms with E-state index < -0.39 is 0 Å². The average Bonchev–Trinajstić information content (AvgIpc) is 2.97. The maximum atomic E-state index is 4.36. The van der Waals surface area contributed by atoms with Crippen molar-refractivity contribution in [3.05, 3.63) is 34.8 Å². The lowest BCUT2D eigenvalue weighted by atomic mass is 10.2. The lowest BCUT2D eigenvalue weighted by Gasteiger charge is -2.12. The quantitative estimate of drug-likeness (QED) is 0.855. The maximum Gasteiger partial charge on any atom is 0.0970 e. The Morgan fingerprint density at radius 3 is 3.12 bits per heavy atom. The van der Waals surface area contributed by atoms with E-state index in [0.717, 1.165) is 19.6 Å². The van der Waals surface area contributed by atoms with E-state index in [0.29, 0.717) is 5.92 Å². The second kappa shape index (κ2) is 5.93. The second-order valence-electron chi connectivity index (χ2n) is 4.09. The molecule has 17 heavy (non-hydrogen) atoms. The van der Waals surface area contributed by atoms with E-state index in [1.54, 1.807) is 11.3 Å². The van der Waals surface area contributed by atoms with Crippen LogP contribution in [0.4, 0.5) is 0 Å². The van der Waals surface area contributed by atoms with Crippen LogP contribution < -0.4 is 5.32 Å². The number of hydrogen-bond acceptors (Lipinski definition) is 4. The summed E-state index contributed by atoms with van der Waals surface area (Å²) in [7, 11) is 0. The smallest absolute Gasteiger partial charge is 0.0970 e. The molecule has 0 aliphatic carbocycles. The summed E-state index contributed by atoms with van der Waals surface area (Å²) < 4.78 is 2.20. The van der Waals surface area contributed by atoms with Gasteiger partial charge in [0.1, 0.15) is 0 Å². The van der Waals surface area contributed by atoms with Crippen molar-refractivity contribution in [1.29, 1.82) is 0 Å². The summed E-state index contributed by atoms with van der Waals surface area (Å²) in [6.45, 7) is 7.11. The fourth-order valence-electron chi connectivity index (χ4n) is 1.76. The summed E-state index contributed by atoms with van der Waals surface area (Å²) in [5, 5.41) is 6.54. The van der Waals surface area contributed by atoms with Gasteiger partial charge in [-0.1, -0.05) is 13.8 Å². The van der Waals surface area contributed by atoms with E-state index in [4.69, 9.17) is 0 Å². The van der Waals surface area contributed by atoms with E-state index in [-0.39, 0.29) is 0 Å². The van der Waals surface area contributed by atoms with Gasteiger partial charge in [0.15, 0.2) is 0 Å². The predicted octanol–water partition coefficient (Wildman–Crippen LogP) is 2.25. The molecule has 0 bridgehead atoms. The average molecular weight is 250 g/mol. The van der Waals surface area contributed by atoms with Crippen LogP contribution in [0.15, 0.2) is 24.1 Å². The van der Waals surface area contributed by atoms with Crippen LogP contribution in [0.1, 0.15) is 30.5 Å². The van der Waals surface area contributed by atoms with E-state index in [9.17, 15) is 0 Å². The molecule has 2 aromatic heterocycles. The minimum Gasteiger partial charge on any atom is -0.333 e. The summed E-state index contributed by atoms with van der Waals surface area (Å²) in [6.07, 6.45) is 5.69. The highest BCUT2D eigenvalue weighted by Gasteiger charge is 2.10. The fraction of sp³-hybridized carbons (Fsp3) is 0.500. The van der Waals surface area contributed by atoms with Crippen LogP contribution in [-0.4, -0.2) is 21.1 Å². The van der Waals surface area contributed by atoms with Gasteiger partial charge in [-0.25, -0.2) is 9.97 Å². The molecule has 0 radical (unpaired) electrons. The molecule has 92 valence electrons. The van der Waals surface area contributed by atoms with Crippen molar-refractivity contribution in [2.45, 2.75) is 32.9 Å². The molecule has 0 saturated carbocycles. The number of hydrogen-bond donors (Lipinski definition) is 1. The first-order valence-corrected chi connectivity index (χ1v) is 6.78. The lowest BCUT2D eigenvalue weighted by Crippen LogP contribution is -2.16. The van der Waals surface area contributed by atoms with E-state index in [1.807, 2.05) is 24.1 Å². The van der Waals surface area contributed by atoms with Crippen molar-refractivity contribution >= 4 is 11.3 Å². The highest BCUT2D eigenvalue weighted by atomic mass is 32.1. The van der Waals surface area contributed by atoms with Crippen LogP contribution in [0.5, 0.6) is 0 Å². The van der Waals surface area contributed by atoms with Crippen molar-refractivity contribution in [3.63, 3.8) is 0 Å². The standard InChI is InChI=1S/C12H18N4S/c1-3-13-6-11-7-14-9-16(11)8-10(2)12-15-4-5-17-12/h4-5,7,9-10,13H,3,6,8H2,1-2H3. The van der Waals surface area contributed by atoms with Crippen molar-refractivity contribution in [1.82, 2.24) is 19.9 Å². The molecule has 2 heterocycles. The third-order valence-corrected chi connectivity index (χ3v) is 3.71. The summed E-state index contributed by atoms with van der Waals surface area (Å²) in [6, 6.07) is 0. The van der Waals surface area contributed by atoms with Crippen molar-refractivity contribution in [2.24, 2.45) is 0 Å². The summed E-state index contributed by atoms with van der Waals surface area (Å²) in [5.74, 6) is 0.435. The zero-order valence-corrected chi connectivity index (χ0v) is 11.1. The van der Waals surface area contributed by atoms with Gasteiger partial charge in [0.2, 0.25) is 0 Å². The Kier molecular flexibility index (Phi) is 4.28. The monoisotopic (exact) mass is 250 g/mol. The molecule has 0 saturated heterocycles. The molecule has 1 atom stereocenters. The van der Waals surface area contributed by atoms with Crippen LogP contribution in [-0.2, 0) is 13.1 Å². The normalized spacial score (nSPS) is 12.8. The molecule has 1 N–H and O–H groups in total. The van der Waals surface area contributed by atoms with Gasteiger partial charge in [0.25, 0.3) is 0 Å². The Morgan fingerprint density at radius 2 is 2.41 bits per heavy atom. The molecule has 0 spiro atoms. The van der Waals surface area contributed by atoms with Gasteiger partial charge < -0.3 is 9.88 Å². The molecular formula is C12H18N4S. The van der Waals surface area contributed by atoms with Gasteiger partial charge in [0, 0.05) is 36.8 Å². The van der Waals surface area contributed by atoms with Crippen LogP contribution in [0, 0.1) is 0 Å². The molecule has 4 nitrogen and oxygen atoms in total. The minimum absolute atomic E-state index is 0.435. The van der Waals surface area contributed by atoms with E-state index in [2.05, 4.69) is 33.7 Å². The van der Waals surface area contributed by atoms with Crippen LogP contribution in [0.2, 0.25) is 0 Å². The highest BCUT2D eigenvalue weighted by molar-refractivity contribution is 7.09. The fourth-order valence-corrected chi connectivity index (χ4v) is 2.45. The Hall–Kier alpha value is -1.20. The summed E-state index contributed by atoms with van der Waals surface area (Å²) >= 11 is 1.72. The summed E-state index contributed by atoms with van der Waals surface area (Å²) in [4.78, 5) is 8.57. The highest BCUT2D eigenvalue weighted by Crippen LogP contribution is 2.20. The third-order valence-electron chi connectivity index (χ3n) is 2.70. The Balaban J connectivity index is 2.00. The lowest BCUT2D eigenvalue weighted by molar-refractivity contribution is 0.559. The topological polar surface area (TPSA) is 42.7 Å². The number of nitrogens with zero attached hydrogens (tertiary/aromatic N) is 3. The molecule has 5 heteroatoms. The van der Waals surface area contributed by atoms with Crippen LogP contribution >= 0.6 is 11.3 Å². The molecule has 2 aromatic rings. The Bertz CT molecular complexity index is 435. The Labute approximate surface area is 106 Å². The maximum absolute atomic E-state index is 4.36. The van der Waals surface area contributed by atoms with Gasteiger partial charge in [-0.2, -0.15) is 0 Å². The molecule has 0 fully saturated rings. The minimum atomic E-state index is 0.435. The van der Waals surface area contributed by atoms with Gasteiger partial charge >= 0.3 is 0 Å². The zero-order chi connectivity index (χ0) is 12.1. The summed E-state index contributed by atoms with van der Waals surface area (Å²) in [5.41, 5.74) is 1.23. The third kappa shape index (κ3) is 3.14. The number of aromatic nitrogens is 3. The molecule has 0 aromatic carbocycles. The zero-order valence-electron chi connectivity index (χ0n) is 10.3. The SMILES string of the molecule is CCNCc1cncn1CC(C)c1nccs1. The molecule has 2 rings (SSSR count). The van der Waals surface area contributed by atoms with Gasteiger partial charge in [0.05, 0.1) is 17.0 Å². The first kappa shape index (κ1) is 12.3. The molecule has 0 aliphatic rings. The number of rotatable bonds is 6. The van der Waals surface area contributed by atoms with Crippen LogP contribution in [0.3, 0.4) is 0 Å². The molecule has 0 amide bonds. The number of nitrogens with one attached hydrogen (secondary N) is 1. The Morgan fingerprint density at radius 1 is 1.53 bits per heavy atom. The van der Waals surface area contributed by atoms with Gasteiger partial charge in [-0.15, -0.1) is 11.3 Å². The van der Waals surface area contributed by atoms with E-state index in [1.165, 1.54) is 10.7 Å². The van der Waals surface area contributed by atoms with Crippen molar-refractivity contribution in [2.75, 3.05) is 6.54 Å². The molecule has 0 aliphatic heterocycles. The first-order chi connectivity index (χ1) is 8.31. The van der Waals surface area contributed by atoms with Crippen molar-refractivity contribution < 1.29 is 0 Å². The van der Waals surface area contributed by atoms with Crippen molar-refractivity contribution in [3.8, 4) is 0 Å². The molecule has 1 unspecified atom stereocenters. The van der Waals surface area contributed by atoms with Crippen LogP contribution in [0.25, 0.3) is 0 Å². The van der Waals surface area contributed by atoms with Gasteiger partial charge in [-0.3, -0.25) is 0 Å². The second-order valence-corrected chi connectivity index (χ2v) is 5.02. The van der Waals surface area contributed by atoms with E-state index >= 15 is 0 Å².